The van der Waals surface area contributed by atoms with Gasteiger partial charge in [-0.1, -0.05) is 26.8 Å². The van der Waals surface area contributed by atoms with E-state index in [4.69, 9.17) is 10.5 Å². The molecule has 2 N–H and O–H groups in total. The van der Waals surface area contributed by atoms with E-state index in [0.717, 1.165) is 0 Å². The number of rotatable bonds is 3. The lowest BCUT2D eigenvalue weighted by molar-refractivity contribution is 0.294. The first-order chi connectivity index (χ1) is 7.30. The third kappa shape index (κ3) is 3.49. The normalized spacial score (nSPS) is 13.6. The van der Waals surface area contributed by atoms with Gasteiger partial charge in [0, 0.05) is 12.1 Å². The zero-order valence-corrected chi connectivity index (χ0v) is 10.4. The molecule has 90 valence electrons. The van der Waals surface area contributed by atoms with Gasteiger partial charge in [-0.25, -0.2) is 4.39 Å². The van der Waals surface area contributed by atoms with Gasteiger partial charge < -0.3 is 10.5 Å². The summed E-state index contributed by atoms with van der Waals surface area (Å²) >= 11 is 0. The predicted molar refractivity (Wildman–Crippen MR) is 64.2 cm³/mol. The zero-order chi connectivity index (χ0) is 12.3. The maximum absolute atomic E-state index is 13.8. The molecule has 0 saturated heterocycles. The quantitative estimate of drug-likeness (QED) is 0.858. The molecule has 0 aromatic heterocycles. The molecule has 1 aromatic carbocycles. The van der Waals surface area contributed by atoms with Gasteiger partial charge in [-0.05, 0) is 24.0 Å². The lowest BCUT2D eigenvalue weighted by atomic mass is 9.87. The average Bonchev–Trinajstić information content (AvgIpc) is 2.12. The summed E-state index contributed by atoms with van der Waals surface area (Å²) in [4.78, 5) is 0. The molecule has 0 unspecified atom stereocenters. The van der Waals surface area contributed by atoms with E-state index in [-0.39, 0.29) is 17.3 Å². The van der Waals surface area contributed by atoms with Gasteiger partial charge in [0.15, 0.2) is 0 Å². The van der Waals surface area contributed by atoms with Crippen molar-refractivity contribution < 1.29 is 9.13 Å². The van der Waals surface area contributed by atoms with Crippen LogP contribution in [0.1, 0.15) is 33.3 Å². The first-order valence-electron chi connectivity index (χ1n) is 5.49. The van der Waals surface area contributed by atoms with Gasteiger partial charge in [-0.15, -0.1) is 0 Å². The molecule has 3 heteroatoms. The molecule has 1 aromatic rings. The van der Waals surface area contributed by atoms with Crippen LogP contribution in [0.2, 0.25) is 0 Å². The topological polar surface area (TPSA) is 35.2 Å². The van der Waals surface area contributed by atoms with Gasteiger partial charge in [0.2, 0.25) is 0 Å². The maximum Gasteiger partial charge on any atom is 0.130 e. The fourth-order valence-corrected chi connectivity index (χ4v) is 1.42. The largest absolute Gasteiger partial charge is 0.492 e. The van der Waals surface area contributed by atoms with Gasteiger partial charge >= 0.3 is 0 Å². The van der Waals surface area contributed by atoms with E-state index >= 15 is 0 Å². The second-order valence-electron chi connectivity index (χ2n) is 5.18. The predicted octanol–water partition coefficient (Wildman–Crippen LogP) is 2.85. The van der Waals surface area contributed by atoms with Crippen LogP contribution in [0.4, 0.5) is 4.39 Å². The highest BCUT2D eigenvalue weighted by molar-refractivity contribution is 5.32. The van der Waals surface area contributed by atoms with Crippen molar-refractivity contribution in [2.45, 2.75) is 39.2 Å². The summed E-state index contributed by atoms with van der Waals surface area (Å²) in [6, 6.07) is 4.92. The number of hydrogen-bond acceptors (Lipinski definition) is 2. The lowest BCUT2D eigenvalue weighted by Crippen LogP contribution is -2.23. The average molecular weight is 225 g/mol. The first-order valence-corrected chi connectivity index (χ1v) is 5.49. The molecule has 0 saturated carbocycles. The Labute approximate surface area is 96.6 Å². The van der Waals surface area contributed by atoms with Crippen molar-refractivity contribution in [2.24, 2.45) is 5.73 Å². The van der Waals surface area contributed by atoms with Crippen LogP contribution in [0.5, 0.6) is 5.75 Å². The van der Waals surface area contributed by atoms with Crippen molar-refractivity contribution in [2.75, 3.05) is 6.61 Å². The summed E-state index contributed by atoms with van der Waals surface area (Å²) in [5, 5.41) is 0. The molecule has 0 spiro atoms. The second kappa shape index (κ2) is 4.83. The summed E-state index contributed by atoms with van der Waals surface area (Å²) in [5.74, 6) is 0.303. The summed E-state index contributed by atoms with van der Waals surface area (Å²) in [6.07, 6.45) is 0. The van der Waals surface area contributed by atoms with Crippen LogP contribution < -0.4 is 10.5 Å². The van der Waals surface area contributed by atoms with Crippen molar-refractivity contribution in [1.82, 2.24) is 0 Å². The Morgan fingerprint density at radius 3 is 2.44 bits per heavy atom. The van der Waals surface area contributed by atoms with E-state index in [1.807, 2.05) is 27.7 Å². The maximum atomic E-state index is 13.8. The van der Waals surface area contributed by atoms with E-state index in [9.17, 15) is 4.39 Å². The van der Waals surface area contributed by atoms with Crippen LogP contribution in [0.3, 0.4) is 0 Å². The monoisotopic (exact) mass is 225 g/mol. The Morgan fingerprint density at radius 2 is 2.00 bits per heavy atom. The van der Waals surface area contributed by atoms with E-state index in [1.54, 1.807) is 12.1 Å². The Kier molecular flexibility index (Phi) is 3.92. The summed E-state index contributed by atoms with van der Waals surface area (Å²) in [5.41, 5.74) is 6.06. The highest BCUT2D eigenvalue weighted by atomic mass is 19.1. The van der Waals surface area contributed by atoms with Crippen LogP contribution in [0.15, 0.2) is 18.2 Å². The van der Waals surface area contributed by atoms with Crippen molar-refractivity contribution in [3.8, 4) is 5.75 Å². The Balaban J connectivity index is 2.83. The molecule has 16 heavy (non-hydrogen) atoms. The molecule has 0 aliphatic carbocycles. The Morgan fingerprint density at radius 1 is 1.38 bits per heavy atom. The van der Waals surface area contributed by atoms with Crippen LogP contribution in [0, 0.1) is 5.82 Å². The van der Waals surface area contributed by atoms with Gasteiger partial charge in [0.25, 0.3) is 0 Å². The van der Waals surface area contributed by atoms with Gasteiger partial charge in [0.05, 0.1) is 0 Å². The SMILES string of the molecule is C[C@@H](N)COc1ccc(C(C)(C)C)c(F)c1. The molecule has 0 radical (unpaired) electrons. The lowest BCUT2D eigenvalue weighted by Gasteiger charge is -2.20. The molecular weight excluding hydrogens is 205 g/mol. The summed E-state index contributed by atoms with van der Waals surface area (Å²) in [6.45, 7) is 8.18. The van der Waals surface area contributed by atoms with E-state index in [1.165, 1.54) is 6.07 Å². The highest BCUT2D eigenvalue weighted by Crippen LogP contribution is 2.27. The third-order valence-electron chi connectivity index (χ3n) is 2.26. The van der Waals surface area contributed by atoms with Crippen LogP contribution in [-0.2, 0) is 5.41 Å². The van der Waals surface area contributed by atoms with Gasteiger partial charge in [0.1, 0.15) is 18.2 Å². The fraction of sp³-hybridized carbons (Fsp3) is 0.538. The molecule has 0 amide bonds. The summed E-state index contributed by atoms with van der Waals surface area (Å²) < 4.78 is 19.1. The van der Waals surface area contributed by atoms with Crippen molar-refractivity contribution in [3.63, 3.8) is 0 Å². The number of halogens is 1. The van der Waals surface area contributed by atoms with E-state index < -0.39 is 0 Å². The first kappa shape index (κ1) is 13.0. The number of benzene rings is 1. The van der Waals surface area contributed by atoms with Crippen molar-refractivity contribution in [3.05, 3.63) is 29.6 Å². The molecule has 1 rings (SSSR count). The van der Waals surface area contributed by atoms with E-state index in [0.29, 0.717) is 17.9 Å². The highest BCUT2D eigenvalue weighted by Gasteiger charge is 2.18. The molecule has 0 aliphatic heterocycles. The molecule has 2 nitrogen and oxygen atoms in total. The van der Waals surface area contributed by atoms with Crippen LogP contribution in [-0.4, -0.2) is 12.6 Å². The molecule has 0 heterocycles. The zero-order valence-electron chi connectivity index (χ0n) is 10.4. The molecular formula is C13H20FNO. The molecule has 0 aliphatic rings. The number of ether oxygens (including phenoxy) is 1. The van der Waals surface area contributed by atoms with Gasteiger partial charge in [-0.2, -0.15) is 0 Å². The van der Waals surface area contributed by atoms with Gasteiger partial charge in [-0.3, -0.25) is 0 Å². The number of hydrogen-bond donors (Lipinski definition) is 1. The Bertz CT molecular complexity index is 355. The van der Waals surface area contributed by atoms with Crippen LogP contribution in [0.25, 0.3) is 0 Å². The number of nitrogens with two attached hydrogens (primary N) is 1. The molecule has 0 bridgehead atoms. The third-order valence-corrected chi connectivity index (χ3v) is 2.26. The minimum Gasteiger partial charge on any atom is -0.492 e. The van der Waals surface area contributed by atoms with Crippen molar-refractivity contribution >= 4 is 0 Å². The Hall–Kier alpha value is -1.09. The fourth-order valence-electron chi connectivity index (χ4n) is 1.42. The molecule has 1 atom stereocenters. The standard InChI is InChI=1S/C13H20FNO/c1-9(15)8-16-10-5-6-11(12(14)7-10)13(2,3)4/h5-7,9H,8,15H2,1-4H3/t9-/m1/s1. The van der Waals surface area contributed by atoms with E-state index in [2.05, 4.69) is 0 Å². The van der Waals surface area contributed by atoms with Crippen LogP contribution >= 0.6 is 0 Å². The summed E-state index contributed by atoms with van der Waals surface area (Å²) in [7, 11) is 0. The minimum atomic E-state index is -0.227. The smallest absolute Gasteiger partial charge is 0.130 e. The molecule has 0 fully saturated rings. The van der Waals surface area contributed by atoms with Crippen molar-refractivity contribution in [1.29, 1.82) is 0 Å². The second-order valence-corrected chi connectivity index (χ2v) is 5.18. The minimum absolute atomic E-state index is 0.0506.